The molecular formula is C19H21N3O3. The number of fused-ring (bicyclic) bond motifs is 1. The molecule has 2 amide bonds. The van der Waals surface area contributed by atoms with Gasteiger partial charge in [-0.05, 0) is 19.4 Å². The van der Waals surface area contributed by atoms with E-state index in [1.807, 2.05) is 11.0 Å². The number of likely N-dealkylation sites (tertiary alicyclic amines) is 2. The normalized spacial score (nSPS) is 22.6. The molecule has 2 saturated heterocycles. The molecule has 0 aliphatic carbocycles. The fourth-order valence-electron chi connectivity index (χ4n) is 3.95. The molecule has 1 aromatic heterocycles. The van der Waals surface area contributed by atoms with Crippen molar-refractivity contribution in [2.24, 2.45) is 11.8 Å². The van der Waals surface area contributed by atoms with Gasteiger partial charge in [-0.2, -0.15) is 0 Å². The van der Waals surface area contributed by atoms with Crippen molar-refractivity contribution < 1.29 is 14.1 Å². The van der Waals surface area contributed by atoms with E-state index < -0.39 is 0 Å². The van der Waals surface area contributed by atoms with E-state index >= 15 is 0 Å². The molecule has 2 fully saturated rings. The van der Waals surface area contributed by atoms with Crippen LogP contribution in [-0.4, -0.2) is 46.4 Å². The second-order valence-corrected chi connectivity index (χ2v) is 7.10. The number of benzene rings is 1. The van der Waals surface area contributed by atoms with E-state index in [1.54, 1.807) is 11.8 Å². The van der Waals surface area contributed by atoms with Crippen LogP contribution in [0.4, 0.5) is 0 Å². The Bertz CT molecular complexity index is 829. The summed E-state index contributed by atoms with van der Waals surface area (Å²) < 4.78 is 4.86. The molecule has 0 unspecified atom stereocenters. The van der Waals surface area contributed by atoms with Crippen molar-refractivity contribution in [1.82, 2.24) is 15.0 Å². The number of hydrogen-bond acceptors (Lipinski definition) is 4. The van der Waals surface area contributed by atoms with Gasteiger partial charge in [-0.3, -0.25) is 9.59 Å². The SMILES string of the molecule is Cc1cccc(CN2C[C@@H]3CN(C(=O)c4conc4C)C[C@@H]3C2=O)c1. The molecule has 0 N–H and O–H groups in total. The maximum absolute atomic E-state index is 12.8. The molecule has 2 atom stereocenters. The zero-order valence-electron chi connectivity index (χ0n) is 14.4. The fraction of sp³-hybridized carbons (Fsp3) is 0.421. The van der Waals surface area contributed by atoms with E-state index in [2.05, 4.69) is 30.3 Å². The van der Waals surface area contributed by atoms with E-state index in [-0.39, 0.29) is 23.7 Å². The molecule has 0 radical (unpaired) electrons. The Kier molecular flexibility index (Phi) is 3.82. The smallest absolute Gasteiger partial charge is 0.259 e. The topological polar surface area (TPSA) is 66.7 Å². The third-order valence-corrected chi connectivity index (χ3v) is 5.25. The molecule has 0 spiro atoms. The van der Waals surface area contributed by atoms with Gasteiger partial charge in [0.2, 0.25) is 5.91 Å². The van der Waals surface area contributed by atoms with Crippen molar-refractivity contribution in [1.29, 1.82) is 0 Å². The van der Waals surface area contributed by atoms with Gasteiger partial charge in [-0.25, -0.2) is 0 Å². The highest BCUT2D eigenvalue weighted by atomic mass is 16.5. The van der Waals surface area contributed by atoms with Crippen LogP contribution in [-0.2, 0) is 11.3 Å². The van der Waals surface area contributed by atoms with Gasteiger partial charge in [-0.15, -0.1) is 0 Å². The number of hydrogen-bond donors (Lipinski definition) is 0. The first-order chi connectivity index (χ1) is 12.0. The molecule has 2 aromatic rings. The van der Waals surface area contributed by atoms with Crippen LogP contribution in [0.3, 0.4) is 0 Å². The van der Waals surface area contributed by atoms with Crippen LogP contribution < -0.4 is 0 Å². The van der Waals surface area contributed by atoms with E-state index in [1.165, 1.54) is 11.8 Å². The standard InChI is InChI=1S/C19H21N3O3/c1-12-4-3-5-14(6-12)7-21-8-15-9-22(10-16(15)18(21)23)19(24)17-11-25-20-13(17)2/h3-6,11,15-16H,7-10H2,1-2H3/t15-,16+/m1/s1. The Balaban J connectivity index is 1.43. The average Bonchev–Trinajstić information content (AvgIpc) is 3.25. The zero-order valence-corrected chi connectivity index (χ0v) is 14.4. The van der Waals surface area contributed by atoms with Crippen LogP contribution in [0.2, 0.25) is 0 Å². The highest BCUT2D eigenvalue weighted by molar-refractivity contribution is 5.96. The largest absolute Gasteiger partial charge is 0.364 e. The van der Waals surface area contributed by atoms with Crippen molar-refractivity contribution in [3.63, 3.8) is 0 Å². The summed E-state index contributed by atoms with van der Waals surface area (Å²) >= 11 is 0. The quantitative estimate of drug-likeness (QED) is 0.858. The number of aryl methyl sites for hydroxylation is 2. The van der Waals surface area contributed by atoms with Gasteiger partial charge < -0.3 is 14.3 Å². The summed E-state index contributed by atoms with van der Waals surface area (Å²) in [5, 5.41) is 3.76. The summed E-state index contributed by atoms with van der Waals surface area (Å²) in [6, 6.07) is 8.25. The highest BCUT2D eigenvalue weighted by Crippen LogP contribution is 2.34. The number of nitrogens with zero attached hydrogens (tertiary/aromatic N) is 3. The van der Waals surface area contributed by atoms with Crippen molar-refractivity contribution in [3.05, 3.63) is 52.9 Å². The number of aromatic nitrogens is 1. The number of carbonyl (C=O) groups is 2. The molecule has 130 valence electrons. The lowest BCUT2D eigenvalue weighted by Crippen LogP contribution is -2.35. The summed E-state index contributed by atoms with van der Waals surface area (Å²) in [5.74, 6) is 0.186. The van der Waals surface area contributed by atoms with Crippen LogP contribution in [0.5, 0.6) is 0 Å². The van der Waals surface area contributed by atoms with Crippen LogP contribution >= 0.6 is 0 Å². The second-order valence-electron chi connectivity index (χ2n) is 7.10. The highest BCUT2D eigenvalue weighted by Gasteiger charge is 2.47. The van der Waals surface area contributed by atoms with Crippen LogP contribution in [0.15, 0.2) is 35.1 Å². The lowest BCUT2D eigenvalue weighted by atomic mass is 10.0. The van der Waals surface area contributed by atoms with Crippen molar-refractivity contribution in [2.45, 2.75) is 20.4 Å². The fourth-order valence-corrected chi connectivity index (χ4v) is 3.95. The average molecular weight is 339 g/mol. The van der Waals surface area contributed by atoms with Gasteiger partial charge in [0.25, 0.3) is 5.91 Å². The number of amides is 2. The van der Waals surface area contributed by atoms with E-state index in [0.29, 0.717) is 37.4 Å². The van der Waals surface area contributed by atoms with Crippen LogP contribution in [0.25, 0.3) is 0 Å². The third-order valence-electron chi connectivity index (χ3n) is 5.25. The van der Waals surface area contributed by atoms with Gasteiger partial charge in [0.05, 0.1) is 11.6 Å². The molecule has 2 aliphatic rings. The monoisotopic (exact) mass is 339 g/mol. The van der Waals surface area contributed by atoms with E-state index in [4.69, 9.17) is 4.52 Å². The predicted octanol–water partition coefficient (Wildman–Crippen LogP) is 2.02. The van der Waals surface area contributed by atoms with E-state index in [0.717, 1.165) is 5.56 Å². The van der Waals surface area contributed by atoms with E-state index in [9.17, 15) is 9.59 Å². The predicted molar refractivity (Wildman–Crippen MR) is 90.7 cm³/mol. The van der Waals surface area contributed by atoms with Gasteiger partial charge in [0.15, 0.2) is 0 Å². The zero-order chi connectivity index (χ0) is 17.6. The summed E-state index contributed by atoms with van der Waals surface area (Å²) in [6.45, 7) is 6.26. The first-order valence-electron chi connectivity index (χ1n) is 8.57. The summed E-state index contributed by atoms with van der Waals surface area (Å²) in [6.07, 6.45) is 1.39. The van der Waals surface area contributed by atoms with Gasteiger partial charge in [0, 0.05) is 32.1 Å². The molecule has 1 aromatic carbocycles. The Labute approximate surface area is 146 Å². The lowest BCUT2D eigenvalue weighted by molar-refractivity contribution is -0.131. The minimum Gasteiger partial charge on any atom is -0.364 e. The molecule has 25 heavy (non-hydrogen) atoms. The summed E-state index contributed by atoms with van der Waals surface area (Å²) in [4.78, 5) is 29.0. The molecule has 4 rings (SSSR count). The van der Waals surface area contributed by atoms with Crippen molar-refractivity contribution in [2.75, 3.05) is 19.6 Å². The molecule has 6 heteroatoms. The maximum atomic E-state index is 12.8. The van der Waals surface area contributed by atoms with Crippen LogP contribution in [0.1, 0.15) is 27.2 Å². The van der Waals surface area contributed by atoms with Crippen molar-refractivity contribution in [3.8, 4) is 0 Å². The van der Waals surface area contributed by atoms with Crippen molar-refractivity contribution >= 4 is 11.8 Å². The van der Waals surface area contributed by atoms with Crippen LogP contribution in [0, 0.1) is 25.7 Å². The molecule has 0 saturated carbocycles. The first-order valence-corrected chi connectivity index (χ1v) is 8.57. The minimum atomic E-state index is -0.0915. The first kappa shape index (κ1) is 15.9. The molecular weight excluding hydrogens is 318 g/mol. The van der Waals surface area contributed by atoms with Gasteiger partial charge >= 0.3 is 0 Å². The molecule has 3 heterocycles. The molecule has 0 bridgehead atoms. The number of carbonyl (C=O) groups excluding carboxylic acids is 2. The Morgan fingerprint density at radius 1 is 1.28 bits per heavy atom. The molecule has 6 nitrogen and oxygen atoms in total. The molecule has 2 aliphatic heterocycles. The number of rotatable bonds is 3. The second kappa shape index (κ2) is 6.02. The summed E-state index contributed by atoms with van der Waals surface area (Å²) in [5.41, 5.74) is 3.44. The Morgan fingerprint density at radius 2 is 2.12 bits per heavy atom. The Hall–Kier alpha value is -2.63. The summed E-state index contributed by atoms with van der Waals surface area (Å²) in [7, 11) is 0. The van der Waals surface area contributed by atoms with Gasteiger partial charge in [0.1, 0.15) is 11.8 Å². The minimum absolute atomic E-state index is 0.0890. The third kappa shape index (κ3) is 2.81. The maximum Gasteiger partial charge on any atom is 0.259 e. The van der Waals surface area contributed by atoms with Gasteiger partial charge in [-0.1, -0.05) is 35.0 Å². The lowest BCUT2D eigenvalue weighted by Gasteiger charge is -2.22. The Morgan fingerprint density at radius 3 is 2.80 bits per heavy atom.